The van der Waals surface area contributed by atoms with Crippen LogP contribution in [0, 0.1) is 11.8 Å². The number of amides is 4. The van der Waals surface area contributed by atoms with E-state index in [1.807, 2.05) is 13.8 Å². The molecular weight excluding hydrogens is 475 g/mol. The number of aliphatic hydroxyl groups excluding tert-OH is 3. The largest absolute Gasteiger partial charge is 0.396 e. The Bertz CT molecular complexity index is 843. The summed E-state index contributed by atoms with van der Waals surface area (Å²) in [7, 11) is 2.33. The summed E-state index contributed by atoms with van der Waals surface area (Å²) in [5.41, 5.74) is 6.82. The molecule has 2 unspecified atom stereocenters. The summed E-state index contributed by atoms with van der Waals surface area (Å²) in [4.78, 5) is 36.3. The maximum Gasteiger partial charge on any atom is 0.312 e. The van der Waals surface area contributed by atoms with Crippen LogP contribution >= 0.6 is 9.39 Å². The zero-order valence-corrected chi connectivity index (χ0v) is 21.5. The number of hydrogen-bond acceptors (Lipinski definition) is 8. The van der Waals surface area contributed by atoms with Gasteiger partial charge >= 0.3 is 6.03 Å². The molecule has 5 atom stereocenters. The van der Waals surface area contributed by atoms with E-state index in [4.69, 9.17) is 5.73 Å². The average Bonchev–Trinajstić information content (AvgIpc) is 2.82. The van der Waals surface area contributed by atoms with Crippen LogP contribution in [0.3, 0.4) is 0 Å². The Labute approximate surface area is 208 Å². The third-order valence-electron chi connectivity index (χ3n) is 5.45. The molecule has 1 aromatic carbocycles. The molecule has 0 aromatic heterocycles. The van der Waals surface area contributed by atoms with E-state index in [0.717, 1.165) is 0 Å². The van der Waals surface area contributed by atoms with Gasteiger partial charge in [0.1, 0.15) is 6.23 Å². The summed E-state index contributed by atoms with van der Waals surface area (Å²) < 4.78 is 0. The fourth-order valence-electron chi connectivity index (χ4n) is 3.27. The Morgan fingerprint density at radius 2 is 1.80 bits per heavy atom. The highest BCUT2D eigenvalue weighted by Gasteiger charge is 2.30. The molecule has 198 valence electrons. The van der Waals surface area contributed by atoms with Crippen molar-refractivity contribution in [3.63, 3.8) is 0 Å². The Morgan fingerprint density at radius 3 is 2.34 bits per heavy atom. The maximum atomic E-state index is 13.1. The number of nitrogens with two attached hydrogens (primary N) is 1. The highest BCUT2D eigenvalue weighted by molar-refractivity contribution is 7.18. The van der Waals surface area contributed by atoms with Crippen molar-refractivity contribution in [1.82, 2.24) is 16.0 Å². The second kappa shape index (κ2) is 15.5. The predicted octanol–water partition coefficient (Wildman–Crippen LogP) is -0.186. The van der Waals surface area contributed by atoms with Crippen molar-refractivity contribution in [2.45, 2.75) is 58.5 Å². The number of primary amides is 1. The summed E-state index contributed by atoms with van der Waals surface area (Å²) >= 11 is 0. The van der Waals surface area contributed by atoms with Gasteiger partial charge in [0.2, 0.25) is 11.8 Å². The molecule has 1 rings (SSSR count). The Morgan fingerprint density at radius 1 is 1.11 bits per heavy atom. The molecule has 0 heterocycles. The van der Waals surface area contributed by atoms with Crippen molar-refractivity contribution >= 4 is 38.6 Å². The van der Waals surface area contributed by atoms with E-state index < -0.39 is 42.1 Å². The van der Waals surface area contributed by atoms with E-state index in [2.05, 4.69) is 35.7 Å². The number of urea groups is 1. The Kier molecular flexibility index (Phi) is 13.5. The SMILES string of the molecule is CC(C)[C@H](NC(=O)[C@@H](C)CO)C(O)N[C@@H](CCCNC(N)=O)C(=O)Nc1ccc(CO)c(NP)c1. The lowest BCUT2D eigenvalue weighted by atomic mass is 10.00. The molecule has 0 spiro atoms. The number of benzene rings is 1. The lowest BCUT2D eigenvalue weighted by Gasteiger charge is -2.31. The minimum atomic E-state index is -1.27. The molecule has 12 nitrogen and oxygen atoms in total. The standard InChI is InChI=1S/C22H39N6O6P/c1-12(2)18(27-19(31)13(3)10-29)21(33)26-16(5-4-8-24-22(23)34)20(32)25-15-7-6-14(11-30)17(9-15)28-35/h6-7,9,12-13,16,18,21,26,28-30,33H,4-5,8,10-11,35H2,1-3H3,(H,25,32)(H,27,31)(H3,23,24,34)/t13-,16-,18-,21?/m0/s1. The summed E-state index contributed by atoms with van der Waals surface area (Å²) in [5.74, 6) is -1.69. The molecule has 0 saturated heterocycles. The van der Waals surface area contributed by atoms with E-state index in [0.29, 0.717) is 23.4 Å². The van der Waals surface area contributed by atoms with Crippen LogP contribution in [0.1, 0.15) is 39.2 Å². The number of rotatable bonds is 15. The van der Waals surface area contributed by atoms with Crippen LogP contribution in [-0.2, 0) is 16.2 Å². The zero-order chi connectivity index (χ0) is 26.5. The molecule has 4 amide bonds. The van der Waals surface area contributed by atoms with Gasteiger partial charge in [0.15, 0.2) is 0 Å². The van der Waals surface area contributed by atoms with Gasteiger partial charge < -0.3 is 42.1 Å². The third-order valence-corrected chi connectivity index (χ3v) is 5.76. The van der Waals surface area contributed by atoms with Crippen LogP contribution in [-0.4, -0.2) is 64.6 Å². The first-order valence-corrected chi connectivity index (χ1v) is 12.0. The van der Waals surface area contributed by atoms with E-state index in [1.54, 1.807) is 25.1 Å². The molecule has 0 aliphatic carbocycles. The van der Waals surface area contributed by atoms with Crippen LogP contribution in [0.4, 0.5) is 16.2 Å². The van der Waals surface area contributed by atoms with E-state index in [9.17, 15) is 29.7 Å². The monoisotopic (exact) mass is 514 g/mol. The smallest absolute Gasteiger partial charge is 0.312 e. The van der Waals surface area contributed by atoms with Crippen molar-refractivity contribution in [1.29, 1.82) is 0 Å². The number of hydrogen-bond donors (Lipinski definition) is 9. The van der Waals surface area contributed by atoms with Crippen LogP contribution in [0.2, 0.25) is 0 Å². The van der Waals surface area contributed by atoms with Gasteiger partial charge in [-0.25, -0.2) is 4.79 Å². The molecule has 0 aliphatic heterocycles. The molecule has 13 heteroatoms. The number of aliphatic hydroxyl groups is 3. The average molecular weight is 515 g/mol. The zero-order valence-electron chi connectivity index (χ0n) is 20.4. The van der Waals surface area contributed by atoms with Crippen molar-refractivity contribution < 1.29 is 29.7 Å². The van der Waals surface area contributed by atoms with Gasteiger partial charge in [-0.1, -0.05) is 26.8 Å². The minimum absolute atomic E-state index is 0.175. The lowest BCUT2D eigenvalue weighted by Crippen LogP contribution is -2.58. The van der Waals surface area contributed by atoms with Gasteiger partial charge in [0.25, 0.3) is 0 Å². The first-order chi connectivity index (χ1) is 16.5. The molecule has 0 radical (unpaired) electrons. The molecule has 1 aromatic rings. The number of anilines is 2. The topological polar surface area (TPSA) is 198 Å². The molecule has 0 bridgehead atoms. The quantitative estimate of drug-likeness (QED) is 0.0871. The normalized spacial score (nSPS) is 14.5. The highest BCUT2D eigenvalue weighted by atomic mass is 31.0. The van der Waals surface area contributed by atoms with Gasteiger partial charge in [-0.15, -0.1) is 0 Å². The molecule has 0 saturated carbocycles. The van der Waals surface area contributed by atoms with Gasteiger partial charge in [0.05, 0.1) is 31.2 Å². The summed E-state index contributed by atoms with van der Waals surface area (Å²) in [5, 5.41) is 43.2. The van der Waals surface area contributed by atoms with Crippen LogP contribution < -0.4 is 32.1 Å². The summed E-state index contributed by atoms with van der Waals surface area (Å²) in [6, 6.07) is 2.69. The summed E-state index contributed by atoms with van der Waals surface area (Å²) in [6.07, 6.45) is -0.632. The first-order valence-electron chi connectivity index (χ1n) is 11.4. The van der Waals surface area contributed by atoms with E-state index in [1.165, 1.54) is 0 Å². The van der Waals surface area contributed by atoms with E-state index >= 15 is 0 Å². The molecule has 10 N–H and O–H groups in total. The van der Waals surface area contributed by atoms with Gasteiger partial charge in [-0.05, 0) is 40.3 Å². The Hall–Kier alpha value is -2.50. The van der Waals surface area contributed by atoms with Crippen molar-refractivity contribution in [2.24, 2.45) is 17.6 Å². The van der Waals surface area contributed by atoms with Crippen LogP contribution in [0.25, 0.3) is 0 Å². The van der Waals surface area contributed by atoms with Crippen molar-refractivity contribution in [2.75, 3.05) is 23.6 Å². The molecule has 0 aliphatic rings. The molecular formula is C22H39N6O6P. The van der Waals surface area contributed by atoms with Gasteiger partial charge in [-0.2, -0.15) is 0 Å². The minimum Gasteiger partial charge on any atom is -0.396 e. The number of carbonyl (C=O) groups excluding carboxylic acids is 3. The van der Waals surface area contributed by atoms with Crippen LogP contribution in [0.5, 0.6) is 0 Å². The van der Waals surface area contributed by atoms with Crippen LogP contribution in [0.15, 0.2) is 18.2 Å². The van der Waals surface area contributed by atoms with Crippen molar-refractivity contribution in [3.05, 3.63) is 23.8 Å². The van der Waals surface area contributed by atoms with E-state index in [-0.39, 0.29) is 32.1 Å². The van der Waals surface area contributed by atoms with Gasteiger partial charge in [-0.3, -0.25) is 14.9 Å². The third kappa shape index (κ3) is 10.3. The lowest BCUT2D eigenvalue weighted by molar-refractivity contribution is -0.128. The Balaban J connectivity index is 3.01. The first kappa shape index (κ1) is 30.5. The van der Waals surface area contributed by atoms with Gasteiger partial charge in [0, 0.05) is 23.5 Å². The molecule has 0 fully saturated rings. The second-order valence-corrected chi connectivity index (χ2v) is 8.91. The summed E-state index contributed by atoms with van der Waals surface area (Å²) in [6.45, 7) is 4.92. The fraction of sp³-hybridized carbons (Fsp3) is 0.591. The maximum absolute atomic E-state index is 13.1. The van der Waals surface area contributed by atoms with Crippen molar-refractivity contribution in [3.8, 4) is 0 Å². The molecule has 35 heavy (non-hydrogen) atoms. The fourth-order valence-corrected chi connectivity index (χ4v) is 3.54. The number of carbonyl (C=O) groups is 3. The predicted molar refractivity (Wildman–Crippen MR) is 137 cm³/mol. The second-order valence-electron chi connectivity index (χ2n) is 8.62. The highest BCUT2D eigenvalue weighted by Crippen LogP contribution is 2.23. The number of nitrogens with one attached hydrogen (secondary N) is 5.